The first-order valence-corrected chi connectivity index (χ1v) is 10.8. The second-order valence-electron chi connectivity index (χ2n) is 7.63. The van der Waals surface area contributed by atoms with Crippen LogP contribution in [0.25, 0.3) is 11.1 Å². The van der Waals surface area contributed by atoms with Crippen LogP contribution < -0.4 is 0 Å². The summed E-state index contributed by atoms with van der Waals surface area (Å²) in [4.78, 5) is 10.0. The van der Waals surface area contributed by atoms with Crippen molar-refractivity contribution in [3.8, 4) is 11.1 Å². The van der Waals surface area contributed by atoms with Crippen LogP contribution in [0.2, 0.25) is 0 Å². The van der Waals surface area contributed by atoms with Crippen LogP contribution in [0.4, 0.5) is 0 Å². The lowest BCUT2D eigenvalue weighted by Gasteiger charge is -2.19. The molecule has 0 aliphatic rings. The third kappa shape index (κ3) is 8.93. The van der Waals surface area contributed by atoms with E-state index >= 15 is 0 Å². The number of hydrogen-bond donors (Lipinski definition) is 1. The summed E-state index contributed by atoms with van der Waals surface area (Å²) in [6.07, 6.45) is 1.02. The number of methoxy groups -OCH3 is 2. The molecule has 29 heavy (non-hydrogen) atoms. The fourth-order valence-electron chi connectivity index (χ4n) is 2.56. The largest absolute Gasteiger partial charge is 0.471 e. The zero-order valence-corrected chi connectivity index (χ0v) is 21.6. The van der Waals surface area contributed by atoms with E-state index in [2.05, 4.69) is 85.3 Å². The number of rotatable bonds is 3. The number of carbonyl (C=O) groups excluding carboxylic acids is 1. The third-order valence-electron chi connectivity index (χ3n) is 4.42. The van der Waals surface area contributed by atoms with Crippen molar-refractivity contribution in [1.82, 2.24) is 0 Å². The van der Waals surface area contributed by atoms with E-state index in [0.717, 1.165) is 15.8 Å². The van der Waals surface area contributed by atoms with Gasteiger partial charge in [-0.2, -0.15) is 0 Å². The molecule has 0 fully saturated rings. The predicted molar refractivity (Wildman–Crippen MR) is 130 cm³/mol. The molecule has 0 saturated carbocycles. The maximum absolute atomic E-state index is 8.95. The maximum atomic E-state index is 8.95. The van der Waals surface area contributed by atoms with E-state index in [9.17, 15) is 0 Å². The zero-order chi connectivity index (χ0) is 22.8. The summed E-state index contributed by atoms with van der Waals surface area (Å²) < 4.78 is 9.91. The van der Waals surface area contributed by atoms with Crippen molar-refractivity contribution in [3.05, 3.63) is 51.0 Å². The van der Waals surface area contributed by atoms with Gasteiger partial charge in [-0.15, -0.1) is 12.6 Å². The lowest BCUT2D eigenvalue weighted by molar-refractivity contribution is -0.126. The number of halogens is 1. The number of benzene rings is 2. The van der Waals surface area contributed by atoms with E-state index < -0.39 is 0 Å². The van der Waals surface area contributed by atoms with Gasteiger partial charge in [0.1, 0.15) is 0 Å². The average Bonchev–Trinajstić information content (AvgIpc) is 2.70. The lowest BCUT2D eigenvalue weighted by Crippen LogP contribution is -2.15. The average molecular weight is 484 g/mol. The number of thiol groups is 1. The molecule has 0 aliphatic carbocycles. The van der Waals surface area contributed by atoms with E-state index in [0.29, 0.717) is 6.47 Å². The summed E-state index contributed by atoms with van der Waals surface area (Å²) in [6.45, 7) is 15.1. The molecule has 2 aromatic carbocycles. The van der Waals surface area contributed by atoms with Gasteiger partial charge in [-0.3, -0.25) is 4.79 Å². The highest BCUT2D eigenvalue weighted by Crippen LogP contribution is 2.39. The maximum Gasteiger partial charge on any atom is 0.292 e. The van der Waals surface area contributed by atoms with Gasteiger partial charge < -0.3 is 9.47 Å². The molecule has 0 radical (unpaired) electrons. The second kappa shape index (κ2) is 13.1. The van der Waals surface area contributed by atoms with Gasteiger partial charge in [0.15, 0.2) is 0 Å². The first-order valence-electron chi connectivity index (χ1n) is 9.54. The van der Waals surface area contributed by atoms with Crippen LogP contribution in [-0.2, 0) is 20.7 Å². The Labute approximate surface area is 190 Å². The predicted octanol–water partition coefficient (Wildman–Crippen LogP) is 7.11. The Balaban J connectivity index is 0.000000654. The topological polar surface area (TPSA) is 35.5 Å². The highest BCUT2D eigenvalue weighted by atomic mass is 79.9. The van der Waals surface area contributed by atoms with Gasteiger partial charge in [-0.25, -0.2) is 0 Å². The van der Waals surface area contributed by atoms with E-state index in [1.54, 1.807) is 7.11 Å². The van der Waals surface area contributed by atoms with Crippen molar-refractivity contribution in [2.24, 2.45) is 0 Å². The summed E-state index contributed by atoms with van der Waals surface area (Å²) in [6, 6.07) is 8.76. The van der Waals surface area contributed by atoms with Crippen LogP contribution in [-0.4, -0.2) is 26.3 Å². The second-order valence-corrected chi connectivity index (χ2v) is 8.87. The fourth-order valence-corrected chi connectivity index (χ4v) is 3.36. The Morgan fingerprint density at radius 1 is 1.03 bits per heavy atom. The van der Waals surface area contributed by atoms with Gasteiger partial charge in [-0.1, -0.05) is 36.8 Å². The smallest absolute Gasteiger partial charge is 0.292 e. The fraction of sp³-hybridized carbons (Fsp3) is 0.458. The quantitative estimate of drug-likeness (QED) is 0.373. The number of hydrogen-bond acceptors (Lipinski definition) is 4. The minimum absolute atomic E-state index is 0.0417. The molecule has 2 rings (SSSR count). The van der Waals surface area contributed by atoms with Crippen molar-refractivity contribution < 1.29 is 14.3 Å². The van der Waals surface area contributed by atoms with Crippen LogP contribution in [0.5, 0.6) is 0 Å². The first-order chi connectivity index (χ1) is 13.4. The van der Waals surface area contributed by atoms with Crippen LogP contribution in [0.3, 0.4) is 0 Å². The normalized spacial score (nSPS) is 10.3. The van der Waals surface area contributed by atoms with Crippen molar-refractivity contribution in [2.75, 3.05) is 14.2 Å². The summed E-state index contributed by atoms with van der Waals surface area (Å²) in [5.41, 5.74) is 7.92. The third-order valence-corrected chi connectivity index (χ3v) is 6.28. The minimum atomic E-state index is 0.0417. The summed E-state index contributed by atoms with van der Waals surface area (Å²) in [5, 5.41) is 0. The van der Waals surface area contributed by atoms with E-state index in [-0.39, 0.29) is 5.60 Å². The molecule has 0 heterocycles. The van der Waals surface area contributed by atoms with Gasteiger partial charge in [0.25, 0.3) is 6.47 Å². The van der Waals surface area contributed by atoms with Crippen LogP contribution >= 0.6 is 28.6 Å². The highest BCUT2D eigenvalue weighted by molar-refractivity contribution is 9.10. The van der Waals surface area contributed by atoms with E-state index in [4.69, 9.17) is 9.53 Å². The molecule has 2 aromatic rings. The molecule has 3 nitrogen and oxygen atoms in total. The Morgan fingerprint density at radius 3 is 1.83 bits per heavy atom. The minimum Gasteiger partial charge on any atom is -0.471 e. The standard InChI is InChI=1S/C17H19BrS.C5H12O.C2H4O2/c1-5-14-11(3)17(19)16(18)12(4)15(14)13-8-6-10(2)7-9-13;1-5(2,3)6-4;1-4-2-3/h6-9,19H,5H2,1-4H3;1-4H3;2H,1H3. The van der Waals surface area contributed by atoms with Crippen LogP contribution in [0.1, 0.15) is 49.9 Å². The molecule has 0 aliphatic heterocycles. The highest BCUT2D eigenvalue weighted by Gasteiger charge is 2.16. The van der Waals surface area contributed by atoms with Gasteiger partial charge >= 0.3 is 0 Å². The molecule has 0 unspecified atom stereocenters. The van der Waals surface area contributed by atoms with Crippen molar-refractivity contribution in [1.29, 1.82) is 0 Å². The number of ether oxygens (including phenoxy) is 2. The molecule has 0 saturated heterocycles. The molecular formula is C24H35BrO3S. The van der Waals surface area contributed by atoms with E-state index in [1.165, 1.54) is 40.5 Å². The summed E-state index contributed by atoms with van der Waals surface area (Å²) in [7, 11) is 3.02. The first kappa shape index (κ1) is 27.7. The zero-order valence-electron chi connectivity index (χ0n) is 19.1. The van der Waals surface area contributed by atoms with Crippen molar-refractivity contribution in [3.63, 3.8) is 0 Å². The van der Waals surface area contributed by atoms with E-state index in [1.807, 2.05) is 20.8 Å². The molecule has 0 N–H and O–H groups in total. The van der Waals surface area contributed by atoms with Crippen LogP contribution in [0, 0.1) is 20.8 Å². The number of carbonyl (C=O) groups is 1. The Hall–Kier alpha value is -1.30. The summed E-state index contributed by atoms with van der Waals surface area (Å²) in [5.74, 6) is 0. The lowest BCUT2D eigenvalue weighted by atomic mass is 9.90. The molecule has 0 spiro atoms. The molecular weight excluding hydrogens is 448 g/mol. The van der Waals surface area contributed by atoms with Crippen molar-refractivity contribution in [2.45, 2.75) is 65.4 Å². The summed E-state index contributed by atoms with van der Waals surface area (Å²) >= 11 is 8.31. The SMILES string of the molecule is CCc1c(C)c(S)c(Br)c(C)c1-c1ccc(C)cc1.COC(C)(C)C.COC=O. The number of aryl methyl sites for hydroxylation is 1. The molecule has 0 atom stereocenters. The molecule has 162 valence electrons. The van der Waals surface area contributed by atoms with Crippen molar-refractivity contribution >= 4 is 35.0 Å². The Kier molecular flexibility index (Phi) is 12.5. The van der Waals surface area contributed by atoms with Gasteiger partial charge in [-0.05, 0) is 91.7 Å². The monoisotopic (exact) mass is 482 g/mol. The Bertz CT molecular complexity index is 778. The molecule has 0 aromatic heterocycles. The molecule has 0 bridgehead atoms. The van der Waals surface area contributed by atoms with Gasteiger partial charge in [0.2, 0.25) is 0 Å². The molecule has 0 amide bonds. The molecule has 5 heteroatoms. The van der Waals surface area contributed by atoms with Gasteiger partial charge in [0.05, 0.1) is 12.7 Å². The van der Waals surface area contributed by atoms with Gasteiger partial charge in [0, 0.05) is 16.5 Å². The Morgan fingerprint density at radius 2 is 1.48 bits per heavy atom. The van der Waals surface area contributed by atoms with Crippen LogP contribution in [0.15, 0.2) is 33.6 Å².